The topological polar surface area (TPSA) is 3.24 Å². The Labute approximate surface area is 90.7 Å². The van der Waals surface area contributed by atoms with Crippen LogP contribution in [0.15, 0.2) is 0 Å². The molecule has 0 unspecified atom stereocenters. The van der Waals surface area contributed by atoms with Gasteiger partial charge in [0, 0.05) is 12.6 Å². The van der Waals surface area contributed by atoms with Crippen molar-refractivity contribution in [2.45, 2.75) is 51.5 Å². The monoisotopic (exact) mass is 215 g/mol. The lowest BCUT2D eigenvalue weighted by Crippen LogP contribution is -2.36. The SMILES string of the molecule is CCN(C1CCCC1)S1(C)CCCC1. The fraction of sp³-hybridized carbons (Fsp3) is 1.00. The van der Waals surface area contributed by atoms with Gasteiger partial charge in [0.1, 0.15) is 0 Å². The molecule has 0 N–H and O–H groups in total. The third-order valence-corrected chi connectivity index (χ3v) is 8.05. The molecular weight excluding hydrogens is 190 g/mol. The third kappa shape index (κ3) is 1.96. The predicted octanol–water partition coefficient (Wildman–Crippen LogP) is 3.39. The smallest absolute Gasteiger partial charge is 0.0187 e. The van der Waals surface area contributed by atoms with Gasteiger partial charge in [-0.25, -0.2) is 0 Å². The first-order chi connectivity index (χ1) is 6.76. The Kier molecular flexibility index (Phi) is 3.43. The summed E-state index contributed by atoms with van der Waals surface area (Å²) in [5, 5.41) is 0. The maximum atomic E-state index is 2.91. The van der Waals surface area contributed by atoms with Gasteiger partial charge in [-0.15, -0.1) is 0 Å². The molecule has 1 heterocycles. The van der Waals surface area contributed by atoms with Crippen LogP contribution < -0.4 is 0 Å². The van der Waals surface area contributed by atoms with E-state index in [0.29, 0.717) is 0 Å². The zero-order chi connectivity index (χ0) is 10.0. The minimum Gasteiger partial charge on any atom is -0.265 e. The quantitative estimate of drug-likeness (QED) is 0.697. The average Bonchev–Trinajstić information content (AvgIpc) is 2.78. The summed E-state index contributed by atoms with van der Waals surface area (Å²) in [5.41, 5.74) is 0. The molecule has 0 spiro atoms. The van der Waals surface area contributed by atoms with E-state index in [-0.39, 0.29) is 10.2 Å². The van der Waals surface area contributed by atoms with Crippen molar-refractivity contribution in [3.05, 3.63) is 0 Å². The van der Waals surface area contributed by atoms with Gasteiger partial charge in [0.25, 0.3) is 0 Å². The van der Waals surface area contributed by atoms with Gasteiger partial charge in [-0.2, -0.15) is 10.2 Å². The Morgan fingerprint density at radius 3 is 2.14 bits per heavy atom. The highest BCUT2D eigenvalue weighted by molar-refractivity contribution is 8.31. The van der Waals surface area contributed by atoms with Gasteiger partial charge in [0.15, 0.2) is 0 Å². The fourth-order valence-electron chi connectivity index (χ4n) is 3.28. The molecule has 1 saturated heterocycles. The Hall–Kier alpha value is 0.310. The summed E-state index contributed by atoms with van der Waals surface area (Å²) in [7, 11) is -0.345. The Morgan fingerprint density at radius 1 is 1.07 bits per heavy atom. The van der Waals surface area contributed by atoms with Gasteiger partial charge in [-0.05, 0) is 43.4 Å². The fourth-order valence-corrected chi connectivity index (χ4v) is 7.16. The zero-order valence-electron chi connectivity index (χ0n) is 9.80. The van der Waals surface area contributed by atoms with Crippen LogP contribution >= 0.6 is 10.2 Å². The summed E-state index contributed by atoms with van der Waals surface area (Å²) in [6, 6.07) is 0.957. The van der Waals surface area contributed by atoms with Gasteiger partial charge in [0.05, 0.1) is 0 Å². The second-order valence-electron chi connectivity index (χ2n) is 5.01. The predicted molar refractivity (Wildman–Crippen MR) is 67.1 cm³/mol. The van der Waals surface area contributed by atoms with Crippen LogP contribution in [0.2, 0.25) is 0 Å². The van der Waals surface area contributed by atoms with Crippen LogP contribution in [0.5, 0.6) is 0 Å². The normalized spacial score (nSPS) is 29.9. The van der Waals surface area contributed by atoms with Crippen molar-refractivity contribution in [2.75, 3.05) is 24.3 Å². The number of rotatable bonds is 3. The van der Waals surface area contributed by atoms with Crippen molar-refractivity contribution in [3.63, 3.8) is 0 Å². The van der Waals surface area contributed by atoms with Crippen LogP contribution in [-0.4, -0.2) is 34.7 Å². The van der Waals surface area contributed by atoms with Crippen LogP contribution in [0.3, 0.4) is 0 Å². The van der Waals surface area contributed by atoms with Crippen molar-refractivity contribution in [2.24, 2.45) is 0 Å². The summed E-state index contributed by atoms with van der Waals surface area (Å²) in [6.45, 7) is 3.67. The largest absolute Gasteiger partial charge is 0.265 e. The minimum atomic E-state index is -0.345. The molecule has 2 fully saturated rings. The average molecular weight is 215 g/mol. The third-order valence-electron chi connectivity index (χ3n) is 4.03. The minimum absolute atomic E-state index is 0.345. The molecule has 1 saturated carbocycles. The molecule has 84 valence electrons. The number of nitrogens with zero attached hydrogens (tertiary/aromatic N) is 1. The molecule has 0 aromatic heterocycles. The molecule has 2 rings (SSSR count). The Balaban J connectivity index is 2.03. The van der Waals surface area contributed by atoms with Crippen molar-refractivity contribution in [1.82, 2.24) is 4.31 Å². The molecule has 2 heteroatoms. The van der Waals surface area contributed by atoms with Crippen LogP contribution in [0.4, 0.5) is 0 Å². The molecule has 14 heavy (non-hydrogen) atoms. The summed E-state index contributed by atoms with van der Waals surface area (Å²) < 4.78 is 2.91. The molecule has 0 radical (unpaired) electrons. The van der Waals surface area contributed by atoms with Crippen LogP contribution in [0.25, 0.3) is 0 Å². The second-order valence-corrected chi connectivity index (χ2v) is 8.74. The van der Waals surface area contributed by atoms with Crippen molar-refractivity contribution in [3.8, 4) is 0 Å². The van der Waals surface area contributed by atoms with E-state index >= 15 is 0 Å². The molecular formula is C12H25NS. The lowest BCUT2D eigenvalue weighted by atomic mass is 10.2. The highest BCUT2D eigenvalue weighted by atomic mass is 32.3. The van der Waals surface area contributed by atoms with E-state index in [9.17, 15) is 0 Å². The molecule has 2 aliphatic rings. The van der Waals surface area contributed by atoms with Gasteiger partial charge in [0.2, 0.25) is 0 Å². The molecule has 0 atom stereocenters. The van der Waals surface area contributed by atoms with Crippen molar-refractivity contribution >= 4 is 10.2 Å². The maximum Gasteiger partial charge on any atom is 0.0187 e. The van der Waals surface area contributed by atoms with Gasteiger partial charge in [-0.3, -0.25) is 4.31 Å². The molecule has 0 aromatic rings. The van der Waals surface area contributed by atoms with E-state index < -0.39 is 0 Å². The second kappa shape index (κ2) is 4.44. The van der Waals surface area contributed by atoms with Gasteiger partial charge < -0.3 is 0 Å². The lowest BCUT2D eigenvalue weighted by molar-refractivity contribution is 0.363. The standard InChI is InChI=1S/C12H25NS/c1-3-13(12-8-4-5-9-12)14(2)10-6-7-11-14/h12H,3-11H2,1-2H3. The van der Waals surface area contributed by atoms with E-state index in [1.807, 2.05) is 0 Å². The van der Waals surface area contributed by atoms with E-state index in [2.05, 4.69) is 17.5 Å². The van der Waals surface area contributed by atoms with E-state index in [1.54, 1.807) is 0 Å². The highest BCUT2D eigenvalue weighted by Crippen LogP contribution is 2.55. The summed E-state index contributed by atoms with van der Waals surface area (Å²) in [5.74, 6) is 3.05. The maximum absolute atomic E-state index is 2.91. The number of hydrogen-bond donors (Lipinski definition) is 0. The highest BCUT2D eigenvalue weighted by Gasteiger charge is 2.34. The summed E-state index contributed by atoms with van der Waals surface area (Å²) in [4.78, 5) is 0. The molecule has 0 amide bonds. The zero-order valence-corrected chi connectivity index (χ0v) is 10.6. The van der Waals surface area contributed by atoms with Crippen LogP contribution in [0, 0.1) is 0 Å². The first kappa shape index (κ1) is 10.8. The molecule has 0 bridgehead atoms. The van der Waals surface area contributed by atoms with Crippen molar-refractivity contribution in [1.29, 1.82) is 0 Å². The summed E-state index contributed by atoms with van der Waals surface area (Å²) >= 11 is 0. The number of hydrogen-bond acceptors (Lipinski definition) is 1. The Morgan fingerprint density at radius 2 is 1.64 bits per heavy atom. The summed E-state index contributed by atoms with van der Waals surface area (Å²) in [6.07, 6.45) is 11.5. The van der Waals surface area contributed by atoms with Crippen LogP contribution in [-0.2, 0) is 0 Å². The molecule has 1 aliphatic heterocycles. The van der Waals surface area contributed by atoms with Crippen LogP contribution in [0.1, 0.15) is 45.4 Å². The first-order valence-corrected chi connectivity index (χ1v) is 8.60. The molecule has 1 nitrogen and oxygen atoms in total. The van der Waals surface area contributed by atoms with E-state index in [4.69, 9.17) is 0 Å². The van der Waals surface area contributed by atoms with Gasteiger partial charge >= 0.3 is 0 Å². The van der Waals surface area contributed by atoms with Gasteiger partial charge in [-0.1, -0.05) is 19.8 Å². The van der Waals surface area contributed by atoms with E-state index in [0.717, 1.165) is 6.04 Å². The molecule has 1 aliphatic carbocycles. The Bertz CT molecular complexity index is 181. The van der Waals surface area contributed by atoms with E-state index in [1.165, 1.54) is 56.6 Å². The lowest BCUT2D eigenvalue weighted by Gasteiger charge is -2.46. The molecule has 0 aromatic carbocycles. The first-order valence-electron chi connectivity index (χ1n) is 6.27. The van der Waals surface area contributed by atoms with Crippen molar-refractivity contribution < 1.29 is 0 Å².